The van der Waals surface area contributed by atoms with Crippen LogP contribution in [0.25, 0.3) is 88.4 Å². The van der Waals surface area contributed by atoms with E-state index in [1.807, 2.05) is 0 Å². The van der Waals surface area contributed by atoms with E-state index in [1.165, 1.54) is 82.7 Å². The van der Waals surface area contributed by atoms with Gasteiger partial charge in [-0.1, -0.05) is 140 Å². The zero-order valence-electron chi connectivity index (χ0n) is 27.4. The van der Waals surface area contributed by atoms with E-state index in [2.05, 4.69) is 203 Å². The summed E-state index contributed by atoms with van der Waals surface area (Å²) in [5.74, 6) is 0. The van der Waals surface area contributed by atoms with Gasteiger partial charge in [-0.25, -0.2) is 0 Å². The zero-order chi connectivity index (χ0) is 33.0. The van der Waals surface area contributed by atoms with Crippen molar-refractivity contribution >= 4 is 43.6 Å². The molecular formula is C48H32N2. The summed E-state index contributed by atoms with van der Waals surface area (Å²) in [4.78, 5) is 0. The SMILES string of the molecule is c1ccc(-c2ccc(-c3ccc(-n4c5ccccc5c5cc(-c6ccc7c8ccccc8n(-c8ccccc8)c7c6)ccc54)cc3)cc2)cc1. The monoisotopic (exact) mass is 636 g/mol. The van der Waals surface area contributed by atoms with Crippen molar-refractivity contribution in [1.82, 2.24) is 9.13 Å². The van der Waals surface area contributed by atoms with Gasteiger partial charge in [-0.15, -0.1) is 0 Å². The highest BCUT2D eigenvalue weighted by atomic mass is 15.0. The van der Waals surface area contributed by atoms with Gasteiger partial charge in [-0.3, -0.25) is 0 Å². The molecule has 0 spiro atoms. The van der Waals surface area contributed by atoms with Crippen molar-refractivity contribution in [2.75, 3.05) is 0 Å². The van der Waals surface area contributed by atoms with Gasteiger partial charge in [-0.05, 0) is 88.0 Å². The average Bonchev–Trinajstić information content (AvgIpc) is 3.71. The van der Waals surface area contributed by atoms with Crippen LogP contribution in [0.3, 0.4) is 0 Å². The largest absolute Gasteiger partial charge is 0.309 e. The molecule has 0 fully saturated rings. The lowest BCUT2D eigenvalue weighted by atomic mass is 10.00. The number of fused-ring (bicyclic) bond motifs is 6. The fourth-order valence-electron chi connectivity index (χ4n) is 7.72. The topological polar surface area (TPSA) is 9.86 Å². The van der Waals surface area contributed by atoms with E-state index in [1.54, 1.807) is 0 Å². The first kappa shape index (κ1) is 28.4. The number of benzene rings is 8. The molecule has 0 radical (unpaired) electrons. The first-order valence-corrected chi connectivity index (χ1v) is 17.2. The normalized spacial score (nSPS) is 11.6. The lowest BCUT2D eigenvalue weighted by molar-refractivity contribution is 1.18. The van der Waals surface area contributed by atoms with Crippen LogP contribution in [0.2, 0.25) is 0 Å². The number of aromatic nitrogens is 2. The third-order valence-corrected chi connectivity index (χ3v) is 10.1. The van der Waals surface area contributed by atoms with Gasteiger partial charge in [0.1, 0.15) is 0 Å². The third-order valence-electron chi connectivity index (χ3n) is 10.1. The second kappa shape index (κ2) is 11.5. The second-order valence-electron chi connectivity index (χ2n) is 13.0. The Hall–Kier alpha value is -6.64. The maximum absolute atomic E-state index is 2.40. The molecular weight excluding hydrogens is 605 g/mol. The van der Waals surface area contributed by atoms with Gasteiger partial charge in [0.15, 0.2) is 0 Å². The minimum absolute atomic E-state index is 1.16. The van der Waals surface area contributed by atoms with Crippen molar-refractivity contribution in [3.63, 3.8) is 0 Å². The van der Waals surface area contributed by atoms with Crippen LogP contribution in [0.4, 0.5) is 0 Å². The standard InChI is InChI=1S/C48H32N2/c1-3-11-33(12-4-1)34-19-21-35(22-20-34)36-23-27-40(28-24-36)49-46-18-10-8-16-42(46)44-31-37(26-30-47(44)49)38-25-29-43-41-15-7-9-17-45(41)50(48(43)32-38)39-13-5-2-6-14-39/h1-32H. The molecule has 2 nitrogen and oxygen atoms in total. The molecule has 0 atom stereocenters. The molecule has 2 heteroatoms. The zero-order valence-corrected chi connectivity index (χ0v) is 27.4. The minimum Gasteiger partial charge on any atom is -0.309 e. The van der Waals surface area contributed by atoms with Crippen molar-refractivity contribution in [3.8, 4) is 44.8 Å². The predicted octanol–water partition coefficient (Wildman–Crippen LogP) is 12.9. The molecule has 234 valence electrons. The Kier molecular flexibility index (Phi) is 6.53. The Balaban J connectivity index is 1.06. The summed E-state index contributed by atoms with van der Waals surface area (Å²) < 4.78 is 4.78. The Bertz CT molecular complexity index is 2820. The molecule has 0 bridgehead atoms. The highest BCUT2D eigenvalue weighted by Gasteiger charge is 2.16. The number of hydrogen-bond acceptors (Lipinski definition) is 0. The summed E-state index contributed by atoms with van der Waals surface area (Å²) >= 11 is 0. The second-order valence-corrected chi connectivity index (χ2v) is 13.0. The smallest absolute Gasteiger partial charge is 0.0547 e. The summed E-state index contributed by atoms with van der Waals surface area (Å²) in [6.45, 7) is 0. The Morgan fingerprint density at radius 3 is 1.28 bits per heavy atom. The number of hydrogen-bond donors (Lipinski definition) is 0. The fraction of sp³-hybridized carbons (Fsp3) is 0. The quantitative estimate of drug-likeness (QED) is 0.178. The molecule has 0 aliphatic rings. The maximum Gasteiger partial charge on any atom is 0.0547 e. The molecule has 2 aromatic heterocycles. The van der Waals surface area contributed by atoms with Crippen LogP contribution in [0.1, 0.15) is 0 Å². The highest BCUT2D eigenvalue weighted by molar-refractivity contribution is 6.12. The van der Waals surface area contributed by atoms with Crippen molar-refractivity contribution in [2.24, 2.45) is 0 Å². The van der Waals surface area contributed by atoms with Gasteiger partial charge < -0.3 is 9.13 Å². The Labute approximate surface area is 290 Å². The summed E-state index contributed by atoms with van der Waals surface area (Å²) in [5.41, 5.74) is 14.5. The van der Waals surface area contributed by atoms with Gasteiger partial charge in [0.2, 0.25) is 0 Å². The van der Waals surface area contributed by atoms with Gasteiger partial charge in [0, 0.05) is 32.9 Å². The third kappa shape index (κ3) is 4.57. The van der Waals surface area contributed by atoms with Crippen LogP contribution < -0.4 is 0 Å². The molecule has 10 aromatic rings. The first-order chi connectivity index (χ1) is 24.8. The van der Waals surface area contributed by atoms with Crippen molar-refractivity contribution < 1.29 is 0 Å². The van der Waals surface area contributed by atoms with E-state index >= 15 is 0 Å². The molecule has 0 amide bonds. The van der Waals surface area contributed by atoms with Gasteiger partial charge in [0.25, 0.3) is 0 Å². The van der Waals surface area contributed by atoms with E-state index in [-0.39, 0.29) is 0 Å². The summed E-state index contributed by atoms with van der Waals surface area (Å²) in [6.07, 6.45) is 0. The first-order valence-electron chi connectivity index (χ1n) is 17.2. The minimum atomic E-state index is 1.16. The molecule has 0 aliphatic carbocycles. The van der Waals surface area contributed by atoms with Crippen LogP contribution in [-0.4, -0.2) is 9.13 Å². The molecule has 50 heavy (non-hydrogen) atoms. The molecule has 2 heterocycles. The lowest BCUT2D eigenvalue weighted by Gasteiger charge is -2.11. The predicted molar refractivity (Wildman–Crippen MR) is 211 cm³/mol. The summed E-state index contributed by atoms with van der Waals surface area (Å²) in [6, 6.07) is 70.4. The van der Waals surface area contributed by atoms with E-state index < -0.39 is 0 Å². The molecule has 0 saturated heterocycles. The van der Waals surface area contributed by atoms with Crippen LogP contribution in [0.15, 0.2) is 194 Å². The van der Waals surface area contributed by atoms with E-state index in [4.69, 9.17) is 0 Å². The maximum atomic E-state index is 2.40. The van der Waals surface area contributed by atoms with Gasteiger partial charge in [0.05, 0.1) is 22.1 Å². The fourth-order valence-corrected chi connectivity index (χ4v) is 7.72. The number of para-hydroxylation sites is 3. The van der Waals surface area contributed by atoms with Gasteiger partial charge >= 0.3 is 0 Å². The molecule has 0 saturated carbocycles. The average molecular weight is 637 g/mol. The molecule has 0 unspecified atom stereocenters. The van der Waals surface area contributed by atoms with Gasteiger partial charge in [-0.2, -0.15) is 0 Å². The van der Waals surface area contributed by atoms with Crippen LogP contribution >= 0.6 is 0 Å². The highest BCUT2D eigenvalue weighted by Crippen LogP contribution is 2.38. The van der Waals surface area contributed by atoms with E-state index in [0.717, 1.165) is 5.69 Å². The Morgan fingerprint density at radius 1 is 0.220 bits per heavy atom. The van der Waals surface area contributed by atoms with Crippen LogP contribution in [-0.2, 0) is 0 Å². The summed E-state index contributed by atoms with van der Waals surface area (Å²) in [5, 5.41) is 5.04. The van der Waals surface area contributed by atoms with Crippen molar-refractivity contribution in [2.45, 2.75) is 0 Å². The molecule has 10 rings (SSSR count). The number of nitrogens with zero attached hydrogens (tertiary/aromatic N) is 2. The summed E-state index contributed by atoms with van der Waals surface area (Å²) in [7, 11) is 0. The number of rotatable bonds is 5. The van der Waals surface area contributed by atoms with E-state index in [0.29, 0.717) is 0 Å². The molecule has 8 aromatic carbocycles. The van der Waals surface area contributed by atoms with Crippen LogP contribution in [0, 0.1) is 0 Å². The molecule has 0 N–H and O–H groups in total. The van der Waals surface area contributed by atoms with Crippen LogP contribution in [0.5, 0.6) is 0 Å². The lowest BCUT2D eigenvalue weighted by Crippen LogP contribution is -1.94. The Morgan fingerprint density at radius 2 is 0.620 bits per heavy atom. The van der Waals surface area contributed by atoms with E-state index in [9.17, 15) is 0 Å². The molecule has 0 aliphatic heterocycles. The van der Waals surface area contributed by atoms with Crippen molar-refractivity contribution in [3.05, 3.63) is 194 Å². The van der Waals surface area contributed by atoms with Crippen molar-refractivity contribution in [1.29, 1.82) is 0 Å².